The van der Waals surface area contributed by atoms with Gasteiger partial charge in [0.2, 0.25) is 0 Å². The lowest BCUT2D eigenvalue weighted by Crippen LogP contribution is -2.32. The van der Waals surface area contributed by atoms with E-state index in [0.717, 1.165) is 10.9 Å². The van der Waals surface area contributed by atoms with Crippen molar-refractivity contribution in [2.24, 2.45) is 0 Å². The van der Waals surface area contributed by atoms with Crippen LogP contribution in [0.2, 0.25) is 0 Å². The molecule has 3 heteroatoms. The highest BCUT2D eigenvalue weighted by molar-refractivity contribution is 8.03. The molecule has 0 aliphatic heterocycles. The Bertz CT molecular complexity index is 1070. The van der Waals surface area contributed by atoms with Crippen LogP contribution in [0.25, 0.3) is 5.31 Å². The van der Waals surface area contributed by atoms with Crippen LogP contribution in [0.5, 0.6) is 0 Å². The van der Waals surface area contributed by atoms with Crippen molar-refractivity contribution < 1.29 is 9.53 Å². The van der Waals surface area contributed by atoms with Crippen molar-refractivity contribution in [2.45, 2.75) is 6.92 Å². The van der Waals surface area contributed by atoms with E-state index in [4.69, 9.17) is 4.74 Å². The molecule has 4 aromatic carbocycles. The first-order valence-corrected chi connectivity index (χ1v) is 12.6. The van der Waals surface area contributed by atoms with E-state index in [0.29, 0.717) is 6.61 Å². The van der Waals surface area contributed by atoms with E-state index in [2.05, 4.69) is 84.9 Å². The van der Waals surface area contributed by atoms with Gasteiger partial charge in [-0.05, 0) is 43.3 Å². The van der Waals surface area contributed by atoms with Crippen molar-refractivity contribution in [3.8, 4) is 0 Å². The highest BCUT2D eigenvalue weighted by atomic mass is 31.2. The molecule has 0 bridgehead atoms. The van der Waals surface area contributed by atoms with Crippen LogP contribution < -0.4 is 15.9 Å². The summed E-state index contributed by atoms with van der Waals surface area (Å²) in [6.45, 7) is 2.17. The van der Waals surface area contributed by atoms with Gasteiger partial charge in [-0.1, -0.05) is 84.9 Å². The number of hydrogen-bond acceptors (Lipinski definition) is 2. The van der Waals surface area contributed by atoms with Crippen molar-refractivity contribution in [1.82, 2.24) is 0 Å². The van der Waals surface area contributed by atoms with Gasteiger partial charge in [-0.15, -0.1) is 0 Å². The summed E-state index contributed by atoms with van der Waals surface area (Å²) in [4.78, 5) is 12.9. The fourth-order valence-corrected chi connectivity index (χ4v) is 8.52. The third-order valence-corrected chi connectivity index (χ3v) is 9.73. The predicted molar refractivity (Wildman–Crippen MR) is 136 cm³/mol. The minimum atomic E-state index is -2.40. The van der Waals surface area contributed by atoms with Gasteiger partial charge in [0.1, 0.15) is 28.5 Å². The van der Waals surface area contributed by atoms with Gasteiger partial charge < -0.3 is 4.74 Å². The second-order valence-electron chi connectivity index (χ2n) is 7.33. The first-order chi connectivity index (χ1) is 15.8. The lowest BCUT2D eigenvalue weighted by atomic mass is 10.2. The Labute approximate surface area is 190 Å². The van der Waals surface area contributed by atoms with Crippen LogP contribution in [0.3, 0.4) is 0 Å². The Morgan fingerprint density at radius 1 is 0.656 bits per heavy atom. The van der Waals surface area contributed by atoms with E-state index in [1.165, 1.54) is 15.9 Å². The van der Waals surface area contributed by atoms with Gasteiger partial charge in [-0.25, -0.2) is 4.79 Å². The molecule has 0 radical (unpaired) electrons. The number of hydrogen-bond donors (Lipinski definition) is 0. The van der Waals surface area contributed by atoms with Crippen LogP contribution >= 0.6 is 7.26 Å². The molecule has 0 unspecified atom stereocenters. The Morgan fingerprint density at radius 2 is 1.03 bits per heavy atom. The van der Waals surface area contributed by atoms with Gasteiger partial charge in [0, 0.05) is 5.56 Å². The molecular formula is C29H26O2P+. The quantitative estimate of drug-likeness (QED) is 0.214. The van der Waals surface area contributed by atoms with Crippen LogP contribution in [0, 0.1) is 0 Å². The summed E-state index contributed by atoms with van der Waals surface area (Å²) in [5.74, 6) is -0.321. The van der Waals surface area contributed by atoms with E-state index in [1.54, 1.807) is 6.08 Å². The number of ether oxygens (including phenoxy) is 1. The topological polar surface area (TPSA) is 26.3 Å². The standard InChI is InChI=1S/C29H26O2P/c1-2-31-29(30)23-28(24-15-7-3-8-16-24)32(25-17-9-4-10-18-25,26-19-11-5-12-20-26)27-21-13-6-14-22-27/h3-23H,2H2,1H3/q+1/b28-23-. The zero-order valence-corrected chi connectivity index (χ0v) is 19.0. The molecule has 0 aliphatic rings. The summed E-state index contributed by atoms with van der Waals surface area (Å²) in [5.41, 5.74) is 1.02. The minimum Gasteiger partial charge on any atom is -0.463 e. The number of esters is 1. The van der Waals surface area contributed by atoms with E-state index >= 15 is 0 Å². The highest BCUT2D eigenvalue weighted by Crippen LogP contribution is 2.66. The van der Waals surface area contributed by atoms with Crippen LogP contribution in [-0.4, -0.2) is 12.6 Å². The molecular weight excluding hydrogens is 411 g/mol. The zero-order valence-electron chi connectivity index (χ0n) is 18.1. The van der Waals surface area contributed by atoms with Crippen molar-refractivity contribution in [1.29, 1.82) is 0 Å². The SMILES string of the molecule is CCOC(=O)/C=C(/c1ccccc1)[P+](c1ccccc1)(c1ccccc1)c1ccccc1. The lowest BCUT2D eigenvalue weighted by Gasteiger charge is -2.29. The predicted octanol–water partition coefficient (Wildman–Crippen LogP) is 5.58. The molecule has 0 saturated carbocycles. The van der Waals surface area contributed by atoms with Gasteiger partial charge >= 0.3 is 5.97 Å². The third kappa shape index (κ3) is 4.28. The third-order valence-electron chi connectivity index (χ3n) is 5.40. The Hall–Kier alpha value is -3.48. The smallest absolute Gasteiger partial charge is 0.334 e. The van der Waals surface area contributed by atoms with Crippen molar-refractivity contribution in [2.75, 3.05) is 6.61 Å². The molecule has 0 aromatic heterocycles. The lowest BCUT2D eigenvalue weighted by molar-refractivity contribution is -0.137. The van der Waals surface area contributed by atoms with E-state index in [-0.39, 0.29) is 5.97 Å². The van der Waals surface area contributed by atoms with Gasteiger partial charge in [0.25, 0.3) is 0 Å². The van der Waals surface area contributed by atoms with Crippen LogP contribution in [0.1, 0.15) is 12.5 Å². The van der Waals surface area contributed by atoms with Crippen molar-refractivity contribution in [3.05, 3.63) is 133 Å². The summed E-state index contributed by atoms with van der Waals surface area (Å²) >= 11 is 0. The monoisotopic (exact) mass is 437 g/mol. The maximum absolute atomic E-state index is 12.9. The molecule has 0 aliphatic carbocycles. The van der Waals surface area contributed by atoms with Crippen LogP contribution in [0.15, 0.2) is 127 Å². The summed E-state index contributed by atoms with van der Waals surface area (Å²) in [6, 6.07) is 41.8. The largest absolute Gasteiger partial charge is 0.463 e. The molecule has 0 saturated heterocycles. The molecule has 4 aromatic rings. The van der Waals surface area contributed by atoms with Gasteiger partial charge in [-0.2, -0.15) is 0 Å². The molecule has 4 rings (SSSR count). The second-order valence-corrected chi connectivity index (χ2v) is 10.7. The zero-order chi connectivity index (χ0) is 22.2. The average Bonchev–Trinajstić information content (AvgIpc) is 2.86. The van der Waals surface area contributed by atoms with E-state index in [9.17, 15) is 4.79 Å². The summed E-state index contributed by atoms with van der Waals surface area (Å²) in [5, 5.41) is 4.56. The second kappa shape index (κ2) is 10.2. The molecule has 0 N–H and O–H groups in total. The number of rotatable bonds is 7. The van der Waals surface area contributed by atoms with Crippen molar-refractivity contribution in [3.63, 3.8) is 0 Å². The Balaban J connectivity index is 2.15. The minimum absolute atomic E-state index is 0.321. The van der Waals surface area contributed by atoms with Crippen LogP contribution in [0.4, 0.5) is 0 Å². The Morgan fingerprint density at radius 3 is 1.41 bits per heavy atom. The summed E-state index contributed by atoms with van der Waals surface area (Å²) in [6.07, 6.45) is 1.71. The first-order valence-electron chi connectivity index (χ1n) is 10.8. The number of carbonyl (C=O) groups is 1. The Kier molecular flexibility index (Phi) is 6.94. The molecule has 2 nitrogen and oxygen atoms in total. The average molecular weight is 437 g/mol. The number of benzene rings is 4. The van der Waals surface area contributed by atoms with Crippen molar-refractivity contribution >= 4 is 34.5 Å². The van der Waals surface area contributed by atoms with E-state index in [1.807, 2.05) is 43.3 Å². The molecule has 0 atom stereocenters. The summed E-state index contributed by atoms with van der Waals surface area (Å²) < 4.78 is 5.40. The number of carbonyl (C=O) groups excluding carboxylic acids is 1. The molecule has 0 spiro atoms. The molecule has 158 valence electrons. The first kappa shape index (κ1) is 21.7. The molecule has 0 heterocycles. The highest BCUT2D eigenvalue weighted by Gasteiger charge is 2.50. The summed E-state index contributed by atoms with van der Waals surface area (Å²) in [7, 11) is -2.40. The van der Waals surface area contributed by atoms with Gasteiger partial charge in [-0.3, -0.25) is 0 Å². The fraction of sp³-hybridized carbons (Fsp3) is 0.0690. The van der Waals surface area contributed by atoms with Gasteiger partial charge in [0.15, 0.2) is 0 Å². The maximum Gasteiger partial charge on any atom is 0.334 e. The maximum atomic E-state index is 12.9. The molecule has 0 fully saturated rings. The van der Waals surface area contributed by atoms with Crippen LogP contribution in [-0.2, 0) is 9.53 Å². The normalized spacial score (nSPS) is 11.7. The molecule has 32 heavy (non-hydrogen) atoms. The van der Waals surface area contributed by atoms with E-state index < -0.39 is 7.26 Å². The van der Waals surface area contributed by atoms with Gasteiger partial charge in [0.05, 0.1) is 12.7 Å². The fourth-order valence-electron chi connectivity index (χ4n) is 4.10. The molecule has 0 amide bonds.